The molecular formula is C21H21FO4. The number of alkyl halides is 1. The number of aliphatic hydroxyl groups is 1. The molecule has 0 fully saturated rings. The molecule has 0 unspecified atom stereocenters. The maximum atomic E-state index is 12.4. The molecule has 1 heterocycles. The molecule has 3 aromatic rings. The molecule has 136 valence electrons. The summed E-state index contributed by atoms with van der Waals surface area (Å²) in [4.78, 5) is 0. The summed E-state index contributed by atoms with van der Waals surface area (Å²) >= 11 is 0. The molecule has 4 nitrogen and oxygen atoms in total. The molecule has 2 aromatic carbocycles. The van der Waals surface area contributed by atoms with Gasteiger partial charge in [-0.3, -0.25) is 0 Å². The highest BCUT2D eigenvalue weighted by molar-refractivity contribution is 5.87. The van der Waals surface area contributed by atoms with Gasteiger partial charge in [-0.1, -0.05) is 24.8 Å². The Labute approximate surface area is 151 Å². The van der Waals surface area contributed by atoms with Crippen LogP contribution in [0.3, 0.4) is 0 Å². The van der Waals surface area contributed by atoms with Crippen LogP contribution in [0.2, 0.25) is 0 Å². The number of aliphatic hydroxyl groups excluding tert-OH is 1. The van der Waals surface area contributed by atoms with Crippen molar-refractivity contribution in [1.29, 1.82) is 0 Å². The van der Waals surface area contributed by atoms with E-state index in [0.717, 1.165) is 22.1 Å². The van der Waals surface area contributed by atoms with E-state index in [2.05, 4.69) is 6.58 Å². The highest BCUT2D eigenvalue weighted by Crippen LogP contribution is 2.32. The van der Waals surface area contributed by atoms with Crippen molar-refractivity contribution in [2.45, 2.75) is 20.0 Å². The molecule has 0 saturated heterocycles. The van der Waals surface area contributed by atoms with Crippen LogP contribution in [-0.4, -0.2) is 18.4 Å². The molecule has 0 aliphatic carbocycles. The van der Waals surface area contributed by atoms with Crippen LogP contribution in [0.5, 0.6) is 11.5 Å². The number of ether oxygens (including phenoxy) is 2. The van der Waals surface area contributed by atoms with Crippen LogP contribution in [0, 0.1) is 6.92 Å². The van der Waals surface area contributed by atoms with Gasteiger partial charge in [-0.2, -0.15) is 0 Å². The maximum Gasteiger partial charge on any atom is 0.176 e. The lowest BCUT2D eigenvalue weighted by molar-refractivity contribution is 0.273. The van der Waals surface area contributed by atoms with E-state index in [4.69, 9.17) is 13.9 Å². The topological polar surface area (TPSA) is 51.8 Å². The number of hydrogen-bond donors (Lipinski definition) is 1. The van der Waals surface area contributed by atoms with Crippen LogP contribution < -0.4 is 9.47 Å². The molecule has 26 heavy (non-hydrogen) atoms. The van der Waals surface area contributed by atoms with Crippen molar-refractivity contribution in [3.05, 3.63) is 71.7 Å². The lowest BCUT2D eigenvalue weighted by Gasteiger charge is -2.11. The number of halogens is 1. The van der Waals surface area contributed by atoms with Crippen molar-refractivity contribution in [2.75, 3.05) is 13.3 Å². The summed E-state index contributed by atoms with van der Waals surface area (Å²) in [6.07, 6.45) is 1.96. The fourth-order valence-corrected chi connectivity index (χ4v) is 2.83. The summed E-state index contributed by atoms with van der Waals surface area (Å²) in [6.45, 7) is 5.21. The molecule has 3 rings (SSSR count). The molecule has 0 aliphatic heterocycles. The summed E-state index contributed by atoms with van der Waals surface area (Å²) in [6, 6.07) is 11.3. The Morgan fingerprint density at radius 1 is 1.15 bits per heavy atom. The summed E-state index contributed by atoms with van der Waals surface area (Å²) in [7, 11) is 0. The van der Waals surface area contributed by atoms with Gasteiger partial charge in [-0.25, -0.2) is 4.39 Å². The number of aryl methyl sites for hydroxylation is 1. The number of hydrogen-bond acceptors (Lipinski definition) is 4. The predicted octanol–water partition coefficient (Wildman–Crippen LogP) is 5.28. The van der Waals surface area contributed by atoms with E-state index >= 15 is 0 Å². The Hall–Kier alpha value is -2.95. The standard InChI is InChI=1S/C21H21FO4/c1-14-9-18-17(13-26-21(18)20(10-14)24-8-7-22)12-25-19-6-4-3-5-16(19)11-15(2)23/h3-6,9-10,13,23H,2,7-8,11-12H2,1H3. The van der Waals surface area contributed by atoms with E-state index in [-0.39, 0.29) is 12.4 Å². The minimum absolute atomic E-state index is 0.0104. The summed E-state index contributed by atoms with van der Waals surface area (Å²) in [5.74, 6) is 1.29. The third kappa shape index (κ3) is 3.99. The molecule has 0 radical (unpaired) electrons. The molecular weight excluding hydrogens is 335 g/mol. The van der Waals surface area contributed by atoms with Gasteiger partial charge in [-0.05, 0) is 30.7 Å². The lowest BCUT2D eigenvalue weighted by Crippen LogP contribution is -2.00. The number of furan rings is 1. The van der Waals surface area contributed by atoms with Gasteiger partial charge < -0.3 is 19.0 Å². The normalized spacial score (nSPS) is 10.8. The fourth-order valence-electron chi connectivity index (χ4n) is 2.83. The Morgan fingerprint density at radius 2 is 1.96 bits per heavy atom. The fraction of sp³-hybridized carbons (Fsp3) is 0.238. The summed E-state index contributed by atoms with van der Waals surface area (Å²) in [5.41, 5.74) is 3.30. The van der Waals surface area contributed by atoms with E-state index in [1.165, 1.54) is 0 Å². The Kier molecular flexibility index (Phi) is 5.46. The first-order chi connectivity index (χ1) is 12.6. The van der Waals surface area contributed by atoms with Crippen molar-refractivity contribution in [1.82, 2.24) is 0 Å². The highest BCUT2D eigenvalue weighted by Gasteiger charge is 2.14. The van der Waals surface area contributed by atoms with Gasteiger partial charge in [0.25, 0.3) is 0 Å². The monoisotopic (exact) mass is 356 g/mol. The maximum absolute atomic E-state index is 12.4. The highest BCUT2D eigenvalue weighted by atomic mass is 19.1. The van der Waals surface area contributed by atoms with E-state index in [1.807, 2.05) is 43.3 Å². The lowest BCUT2D eigenvalue weighted by atomic mass is 10.1. The van der Waals surface area contributed by atoms with Crippen molar-refractivity contribution in [2.24, 2.45) is 0 Å². The van der Waals surface area contributed by atoms with Gasteiger partial charge in [0, 0.05) is 22.9 Å². The molecule has 0 bridgehead atoms. The number of allylic oxidation sites excluding steroid dienone is 1. The molecule has 0 spiro atoms. The van der Waals surface area contributed by atoms with Gasteiger partial charge in [0.1, 0.15) is 25.6 Å². The molecule has 0 saturated carbocycles. The Balaban J connectivity index is 1.84. The van der Waals surface area contributed by atoms with Crippen molar-refractivity contribution < 1.29 is 23.4 Å². The van der Waals surface area contributed by atoms with Crippen molar-refractivity contribution in [3.63, 3.8) is 0 Å². The van der Waals surface area contributed by atoms with E-state index in [0.29, 0.717) is 30.1 Å². The minimum Gasteiger partial charge on any atom is -0.513 e. The van der Waals surface area contributed by atoms with Crippen molar-refractivity contribution in [3.8, 4) is 11.5 Å². The van der Waals surface area contributed by atoms with E-state index in [1.54, 1.807) is 6.26 Å². The van der Waals surface area contributed by atoms with Crippen molar-refractivity contribution >= 4 is 11.0 Å². The zero-order valence-corrected chi connectivity index (χ0v) is 14.6. The minimum atomic E-state index is -0.557. The van der Waals surface area contributed by atoms with Gasteiger partial charge in [0.2, 0.25) is 0 Å². The number of rotatable bonds is 8. The summed E-state index contributed by atoms with van der Waals surface area (Å²) in [5, 5.41) is 10.3. The van der Waals surface area contributed by atoms with Gasteiger partial charge in [0.15, 0.2) is 11.3 Å². The van der Waals surface area contributed by atoms with Gasteiger partial charge in [0.05, 0.1) is 12.0 Å². The summed E-state index contributed by atoms with van der Waals surface area (Å²) < 4.78 is 29.4. The predicted molar refractivity (Wildman–Crippen MR) is 98.7 cm³/mol. The van der Waals surface area contributed by atoms with Crippen LogP contribution in [0.1, 0.15) is 16.7 Å². The molecule has 1 aromatic heterocycles. The third-order valence-corrected chi connectivity index (χ3v) is 3.95. The smallest absolute Gasteiger partial charge is 0.176 e. The van der Waals surface area contributed by atoms with E-state index in [9.17, 15) is 9.50 Å². The molecule has 1 N–H and O–H groups in total. The number of para-hydroxylation sites is 1. The Morgan fingerprint density at radius 3 is 2.73 bits per heavy atom. The SMILES string of the molecule is C=C(O)Cc1ccccc1OCc1coc2c(OCCF)cc(C)cc12. The second-order valence-corrected chi connectivity index (χ2v) is 6.08. The average Bonchev–Trinajstić information content (AvgIpc) is 3.01. The van der Waals surface area contributed by atoms with Crippen LogP contribution in [0.25, 0.3) is 11.0 Å². The first-order valence-corrected chi connectivity index (χ1v) is 8.35. The molecule has 5 heteroatoms. The molecule has 0 atom stereocenters. The zero-order chi connectivity index (χ0) is 18.5. The third-order valence-electron chi connectivity index (χ3n) is 3.95. The first kappa shape index (κ1) is 17.9. The van der Waals surface area contributed by atoms with E-state index < -0.39 is 6.67 Å². The molecule has 0 aliphatic rings. The van der Waals surface area contributed by atoms with Crippen LogP contribution in [-0.2, 0) is 13.0 Å². The van der Waals surface area contributed by atoms with Crippen LogP contribution >= 0.6 is 0 Å². The van der Waals surface area contributed by atoms with Crippen LogP contribution in [0.15, 0.2) is 59.4 Å². The number of benzene rings is 2. The second kappa shape index (κ2) is 7.95. The van der Waals surface area contributed by atoms with Gasteiger partial charge in [-0.15, -0.1) is 0 Å². The Bertz CT molecular complexity index is 914. The van der Waals surface area contributed by atoms with Crippen LogP contribution in [0.4, 0.5) is 4.39 Å². The first-order valence-electron chi connectivity index (χ1n) is 8.35. The quantitative estimate of drug-likeness (QED) is 0.558. The average molecular weight is 356 g/mol. The zero-order valence-electron chi connectivity index (χ0n) is 14.6. The largest absolute Gasteiger partial charge is 0.513 e. The molecule has 0 amide bonds. The van der Waals surface area contributed by atoms with Gasteiger partial charge >= 0.3 is 0 Å². The number of fused-ring (bicyclic) bond motifs is 1. The second-order valence-electron chi connectivity index (χ2n) is 6.08.